The Kier molecular flexibility index (Phi) is 3.13. The summed E-state index contributed by atoms with van der Waals surface area (Å²) in [6.45, 7) is 1.51. The van der Waals surface area contributed by atoms with Crippen LogP contribution < -0.4 is 0 Å². The number of benzene rings is 1. The molecule has 0 fully saturated rings. The van der Waals surface area contributed by atoms with E-state index in [9.17, 15) is 9.50 Å². The van der Waals surface area contributed by atoms with Gasteiger partial charge in [0.2, 0.25) is 0 Å². The minimum Gasteiger partial charge on any atom is -0.381 e. The van der Waals surface area contributed by atoms with Crippen LogP contribution in [0.2, 0.25) is 5.02 Å². The molecule has 1 heterocycles. The van der Waals surface area contributed by atoms with E-state index in [2.05, 4.69) is 4.98 Å². The zero-order valence-corrected chi connectivity index (χ0v) is 9.95. The number of aliphatic hydroxyl groups is 1. The Labute approximate surface area is 104 Å². The summed E-state index contributed by atoms with van der Waals surface area (Å²) in [5.41, 5.74) is -0.863. The molecule has 1 atom stereocenters. The molecule has 0 aliphatic carbocycles. The Hall–Kier alpha value is -1.45. The van der Waals surface area contributed by atoms with Crippen molar-refractivity contribution < 1.29 is 9.50 Å². The van der Waals surface area contributed by atoms with E-state index >= 15 is 0 Å². The monoisotopic (exact) mass is 251 g/mol. The molecule has 0 radical (unpaired) electrons. The van der Waals surface area contributed by atoms with Gasteiger partial charge in [-0.2, -0.15) is 0 Å². The first-order chi connectivity index (χ1) is 8.03. The highest BCUT2D eigenvalue weighted by Crippen LogP contribution is 2.34. The third-order valence-electron chi connectivity index (χ3n) is 2.70. The third kappa shape index (κ3) is 2.16. The van der Waals surface area contributed by atoms with Gasteiger partial charge >= 0.3 is 0 Å². The van der Waals surface area contributed by atoms with Crippen molar-refractivity contribution in [1.29, 1.82) is 0 Å². The van der Waals surface area contributed by atoms with Crippen molar-refractivity contribution in [3.05, 3.63) is 64.7 Å². The van der Waals surface area contributed by atoms with Gasteiger partial charge in [0.25, 0.3) is 0 Å². The van der Waals surface area contributed by atoms with Crippen LogP contribution in [0.5, 0.6) is 0 Å². The van der Waals surface area contributed by atoms with Crippen LogP contribution in [-0.2, 0) is 5.60 Å². The van der Waals surface area contributed by atoms with E-state index in [1.54, 1.807) is 24.3 Å². The van der Waals surface area contributed by atoms with Crippen LogP contribution in [0, 0.1) is 5.82 Å². The number of rotatable bonds is 2. The number of aromatic nitrogens is 1. The first kappa shape index (κ1) is 12.0. The van der Waals surface area contributed by atoms with Gasteiger partial charge in [-0.25, -0.2) is 4.39 Å². The van der Waals surface area contributed by atoms with E-state index in [0.29, 0.717) is 10.6 Å². The fourth-order valence-corrected chi connectivity index (χ4v) is 2.09. The molecule has 0 spiro atoms. The lowest BCUT2D eigenvalue weighted by atomic mass is 9.88. The maximum absolute atomic E-state index is 13.6. The highest BCUT2D eigenvalue weighted by atomic mass is 35.5. The fourth-order valence-electron chi connectivity index (χ4n) is 1.77. The third-order valence-corrected chi connectivity index (χ3v) is 3.02. The summed E-state index contributed by atoms with van der Waals surface area (Å²) in [5.74, 6) is -0.558. The van der Waals surface area contributed by atoms with E-state index in [1.165, 1.54) is 19.2 Å². The van der Waals surface area contributed by atoms with Crippen molar-refractivity contribution in [3.8, 4) is 0 Å². The van der Waals surface area contributed by atoms with Gasteiger partial charge in [-0.1, -0.05) is 29.8 Å². The average molecular weight is 252 g/mol. The minimum absolute atomic E-state index is 0.153. The first-order valence-electron chi connectivity index (χ1n) is 5.11. The van der Waals surface area contributed by atoms with Gasteiger partial charge in [-0.15, -0.1) is 0 Å². The van der Waals surface area contributed by atoms with Crippen LogP contribution >= 0.6 is 11.6 Å². The highest BCUT2D eigenvalue weighted by molar-refractivity contribution is 6.31. The number of nitrogens with zero attached hydrogens (tertiary/aromatic N) is 1. The Balaban J connectivity index is 2.58. The number of hydrogen-bond donors (Lipinski definition) is 1. The van der Waals surface area contributed by atoms with Gasteiger partial charge in [0, 0.05) is 22.3 Å². The normalized spacial score (nSPS) is 14.4. The summed E-state index contributed by atoms with van der Waals surface area (Å²) in [6, 6.07) is 8.27. The van der Waals surface area contributed by atoms with E-state index in [1.807, 2.05) is 0 Å². The zero-order valence-electron chi connectivity index (χ0n) is 9.19. The number of halogens is 2. The second kappa shape index (κ2) is 4.43. The fraction of sp³-hybridized carbons (Fsp3) is 0.154. The lowest BCUT2D eigenvalue weighted by Gasteiger charge is -2.25. The predicted octanol–water partition coefficient (Wildman–Crippen LogP) is 3.13. The van der Waals surface area contributed by atoms with Crippen LogP contribution in [0.15, 0.2) is 42.7 Å². The Morgan fingerprint density at radius 2 is 1.94 bits per heavy atom. The molecule has 1 aromatic carbocycles. The smallest absolute Gasteiger partial charge is 0.147 e. The van der Waals surface area contributed by atoms with Crippen molar-refractivity contribution in [2.24, 2.45) is 0 Å². The van der Waals surface area contributed by atoms with Gasteiger partial charge in [0.05, 0.1) is 6.20 Å². The Morgan fingerprint density at radius 3 is 2.59 bits per heavy atom. The molecule has 2 aromatic rings. The summed E-state index contributed by atoms with van der Waals surface area (Å²) in [7, 11) is 0. The van der Waals surface area contributed by atoms with Crippen molar-refractivity contribution in [1.82, 2.24) is 4.98 Å². The van der Waals surface area contributed by atoms with Crippen molar-refractivity contribution in [2.75, 3.05) is 0 Å². The molecule has 1 N–H and O–H groups in total. The van der Waals surface area contributed by atoms with Gasteiger partial charge in [-0.3, -0.25) is 4.98 Å². The van der Waals surface area contributed by atoms with Gasteiger partial charge < -0.3 is 5.11 Å². The average Bonchev–Trinajstić information content (AvgIpc) is 2.29. The molecule has 0 saturated heterocycles. The minimum atomic E-state index is -1.48. The van der Waals surface area contributed by atoms with Gasteiger partial charge in [0.1, 0.15) is 11.4 Å². The molecule has 1 aromatic heterocycles. The molecule has 0 amide bonds. The molecule has 88 valence electrons. The predicted molar refractivity (Wildman–Crippen MR) is 64.3 cm³/mol. The molecule has 0 bridgehead atoms. The summed E-state index contributed by atoms with van der Waals surface area (Å²) in [4.78, 5) is 3.66. The SMILES string of the molecule is CC(O)(c1ccncc1F)c1ccccc1Cl. The quantitative estimate of drug-likeness (QED) is 0.890. The van der Waals surface area contributed by atoms with E-state index in [-0.39, 0.29) is 5.56 Å². The highest BCUT2D eigenvalue weighted by Gasteiger charge is 2.30. The summed E-state index contributed by atoms with van der Waals surface area (Å²) in [5, 5.41) is 10.9. The molecule has 0 saturated carbocycles. The van der Waals surface area contributed by atoms with Crippen LogP contribution in [-0.4, -0.2) is 10.1 Å². The molecule has 2 rings (SSSR count). The van der Waals surface area contributed by atoms with Crippen LogP contribution in [0.1, 0.15) is 18.1 Å². The molecular weight excluding hydrogens is 241 g/mol. The van der Waals surface area contributed by atoms with Crippen molar-refractivity contribution in [3.63, 3.8) is 0 Å². The van der Waals surface area contributed by atoms with Gasteiger partial charge in [0.15, 0.2) is 0 Å². The number of pyridine rings is 1. The topological polar surface area (TPSA) is 33.1 Å². The molecule has 0 aliphatic rings. The summed E-state index contributed by atoms with van der Waals surface area (Å²) >= 11 is 6.01. The largest absolute Gasteiger partial charge is 0.381 e. The van der Waals surface area contributed by atoms with Crippen molar-refractivity contribution in [2.45, 2.75) is 12.5 Å². The van der Waals surface area contributed by atoms with Crippen LogP contribution in [0.4, 0.5) is 4.39 Å². The first-order valence-corrected chi connectivity index (χ1v) is 5.48. The molecule has 2 nitrogen and oxygen atoms in total. The maximum Gasteiger partial charge on any atom is 0.147 e. The van der Waals surface area contributed by atoms with E-state index < -0.39 is 11.4 Å². The molecule has 0 aliphatic heterocycles. The molecule has 17 heavy (non-hydrogen) atoms. The van der Waals surface area contributed by atoms with Gasteiger partial charge in [-0.05, 0) is 19.1 Å². The molecule has 1 unspecified atom stereocenters. The zero-order chi connectivity index (χ0) is 12.5. The standard InChI is InChI=1S/C13H11ClFNO/c1-13(17,9-4-2-3-5-11(9)14)10-6-7-16-8-12(10)15/h2-8,17H,1H3. The lowest BCUT2D eigenvalue weighted by Crippen LogP contribution is -2.24. The van der Waals surface area contributed by atoms with E-state index in [0.717, 1.165) is 6.20 Å². The Bertz CT molecular complexity index is 495. The molecule has 4 heteroatoms. The Morgan fingerprint density at radius 1 is 1.24 bits per heavy atom. The molecular formula is C13H11ClFNO. The second-order valence-corrected chi connectivity index (χ2v) is 4.31. The van der Waals surface area contributed by atoms with Crippen molar-refractivity contribution >= 4 is 11.6 Å². The van der Waals surface area contributed by atoms with E-state index in [4.69, 9.17) is 11.6 Å². The maximum atomic E-state index is 13.6. The summed E-state index contributed by atoms with van der Waals surface area (Å²) < 4.78 is 13.6. The van der Waals surface area contributed by atoms with Crippen LogP contribution in [0.25, 0.3) is 0 Å². The lowest BCUT2D eigenvalue weighted by molar-refractivity contribution is 0.0979. The second-order valence-electron chi connectivity index (χ2n) is 3.91. The number of hydrogen-bond acceptors (Lipinski definition) is 2. The van der Waals surface area contributed by atoms with Crippen LogP contribution in [0.3, 0.4) is 0 Å². The summed E-state index contributed by atoms with van der Waals surface area (Å²) in [6.07, 6.45) is 2.50.